The maximum absolute atomic E-state index is 13.1. The van der Waals surface area contributed by atoms with Gasteiger partial charge in [-0.2, -0.15) is 5.26 Å². The van der Waals surface area contributed by atoms with Gasteiger partial charge in [-0.05, 0) is 32.0 Å². The summed E-state index contributed by atoms with van der Waals surface area (Å²) in [5.41, 5.74) is 1.67. The number of rotatable bonds is 6. The second-order valence-corrected chi connectivity index (χ2v) is 7.42. The van der Waals surface area contributed by atoms with Gasteiger partial charge in [0.15, 0.2) is 0 Å². The highest BCUT2D eigenvalue weighted by atomic mass is 32.2. The highest BCUT2D eigenvalue weighted by Gasteiger charge is 2.24. The van der Waals surface area contributed by atoms with Gasteiger partial charge in [-0.1, -0.05) is 48.2 Å². The molecule has 3 aromatic rings. The van der Waals surface area contributed by atoms with Crippen molar-refractivity contribution in [1.29, 1.82) is 5.26 Å². The Morgan fingerprint density at radius 3 is 2.59 bits per heavy atom. The van der Waals surface area contributed by atoms with E-state index in [1.807, 2.05) is 68.4 Å². The van der Waals surface area contributed by atoms with Crippen LogP contribution in [0.3, 0.4) is 0 Å². The quantitative estimate of drug-likeness (QED) is 0.472. The minimum Gasteiger partial charge on any atom is -0.310 e. The van der Waals surface area contributed by atoms with Crippen molar-refractivity contribution in [2.24, 2.45) is 0 Å². The second-order valence-electron chi connectivity index (χ2n) is 6.09. The molecule has 1 unspecified atom stereocenters. The summed E-state index contributed by atoms with van der Waals surface area (Å²) in [5.74, 6) is 0.641. The Kier molecular flexibility index (Phi) is 6.05. The Balaban J connectivity index is 1.87. The van der Waals surface area contributed by atoms with Crippen molar-refractivity contribution in [1.82, 2.24) is 9.97 Å². The van der Waals surface area contributed by atoms with Crippen LogP contribution in [0, 0.1) is 18.3 Å². The summed E-state index contributed by atoms with van der Waals surface area (Å²) < 4.78 is 0. The summed E-state index contributed by atoms with van der Waals surface area (Å²) in [5, 5.41) is 10.3. The molecule has 0 aliphatic rings. The number of carbonyl (C=O) groups is 1. The number of carbonyl (C=O) groups excluding carboxylic acids is 1. The van der Waals surface area contributed by atoms with E-state index in [9.17, 15) is 4.79 Å². The van der Waals surface area contributed by atoms with E-state index in [2.05, 4.69) is 16.0 Å². The molecule has 27 heavy (non-hydrogen) atoms. The van der Waals surface area contributed by atoms with Crippen LogP contribution in [-0.4, -0.2) is 27.7 Å². The number of nitrogens with zero attached hydrogens (tertiary/aromatic N) is 4. The average molecular weight is 376 g/mol. The summed E-state index contributed by atoms with van der Waals surface area (Å²) in [4.78, 5) is 23.8. The molecule has 1 atom stereocenters. The molecule has 0 aliphatic carbocycles. The fourth-order valence-corrected chi connectivity index (χ4v) is 3.87. The number of para-hydroxylation sites is 2. The molecule has 0 saturated carbocycles. The van der Waals surface area contributed by atoms with E-state index in [-0.39, 0.29) is 17.6 Å². The SMILES string of the molecule is Cc1nc(SC(C)C(=O)N(CCC#N)c2ccccc2)c2ccccc2n1. The van der Waals surface area contributed by atoms with Crippen molar-refractivity contribution in [3.63, 3.8) is 0 Å². The first-order valence-electron chi connectivity index (χ1n) is 8.73. The summed E-state index contributed by atoms with van der Waals surface area (Å²) in [6, 6.07) is 19.4. The molecular weight excluding hydrogens is 356 g/mol. The number of nitriles is 1. The zero-order valence-corrected chi connectivity index (χ0v) is 16.1. The topological polar surface area (TPSA) is 69.9 Å². The van der Waals surface area contributed by atoms with Gasteiger partial charge in [-0.15, -0.1) is 0 Å². The van der Waals surface area contributed by atoms with E-state index < -0.39 is 0 Å². The summed E-state index contributed by atoms with van der Waals surface area (Å²) >= 11 is 1.43. The van der Waals surface area contributed by atoms with Crippen LogP contribution in [0.5, 0.6) is 0 Å². The third-order valence-corrected chi connectivity index (χ3v) is 5.19. The van der Waals surface area contributed by atoms with Gasteiger partial charge >= 0.3 is 0 Å². The summed E-state index contributed by atoms with van der Waals surface area (Å²) in [6.07, 6.45) is 0.285. The predicted molar refractivity (Wildman–Crippen MR) is 109 cm³/mol. The molecule has 6 heteroatoms. The van der Waals surface area contributed by atoms with Gasteiger partial charge in [0, 0.05) is 17.6 Å². The van der Waals surface area contributed by atoms with Crippen LogP contribution in [0.25, 0.3) is 10.9 Å². The van der Waals surface area contributed by atoms with Gasteiger partial charge in [0.05, 0.1) is 23.3 Å². The molecule has 1 amide bonds. The number of hydrogen-bond donors (Lipinski definition) is 0. The van der Waals surface area contributed by atoms with Gasteiger partial charge in [0.25, 0.3) is 0 Å². The highest BCUT2D eigenvalue weighted by molar-refractivity contribution is 8.00. The number of hydrogen-bond acceptors (Lipinski definition) is 5. The van der Waals surface area contributed by atoms with E-state index in [1.54, 1.807) is 4.90 Å². The Morgan fingerprint density at radius 1 is 1.15 bits per heavy atom. The van der Waals surface area contributed by atoms with Crippen molar-refractivity contribution < 1.29 is 4.79 Å². The number of anilines is 1. The maximum Gasteiger partial charge on any atom is 0.240 e. The molecule has 0 N–H and O–H groups in total. The number of thioether (sulfide) groups is 1. The molecule has 136 valence electrons. The second kappa shape index (κ2) is 8.65. The van der Waals surface area contributed by atoms with Crippen molar-refractivity contribution >= 4 is 34.3 Å². The minimum absolute atomic E-state index is 0.0400. The first-order valence-corrected chi connectivity index (χ1v) is 9.61. The van der Waals surface area contributed by atoms with Crippen LogP contribution in [0.2, 0.25) is 0 Å². The van der Waals surface area contributed by atoms with Crippen LogP contribution in [0.15, 0.2) is 59.6 Å². The van der Waals surface area contributed by atoms with Crippen LogP contribution >= 0.6 is 11.8 Å². The predicted octanol–water partition coefficient (Wildman–Crippen LogP) is 4.37. The zero-order valence-electron chi connectivity index (χ0n) is 15.3. The number of aromatic nitrogens is 2. The lowest BCUT2D eigenvalue weighted by molar-refractivity contribution is -0.117. The average Bonchev–Trinajstić information content (AvgIpc) is 2.68. The van der Waals surface area contributed by atoms with Crippen molar-refractivity contribution in [3.05, 3.63) is 60.4 Å². The molecule has 3 rings (SSSR count). The summed E-state index contributed by atoms with van der Waals surface area (Å²) in [6.45, 7) is 4.10. The van der Waals surface area contributed by atoms with E-state index in [1.165, 1.54) is 11.8 Å². The van der Waals surface area contributed by atoms with Crippen molar-refractivity contribution in [2.75, 3.05) is 11.4 Å². The lowest BCUT2D eigenvalue weighted by Crippen LogP contribution is -2.37. The van der Waals surface area contributed by atoms with E-state index in [4.69, 9.17) is 5.26 Å². The van der Waals surface area contributed by atoms with Crippen LogP contribution < -0.4 is 4.90 Å². The number of aryl methyl sites for hydroxylation is 1. The third-order valence-electron chi connectivity index (χ3n) is 4.10. The van der Waals surface area contributed by atoms with Gasteiger partial charge in [-0.3, -0.25) is 4.79 Å². The molecule has 1 heterocycles. The normalized spacial score (nSPS) is 11.7. The molecule has 2 aromatic carbocycles. The Labute approximate surface area is 163 Å². The number of benzene rings is 2. The highest BCUT2D eigenvalue weighted by Crippen LogP contribution is 2.30. The monoisotopic (exact) mass is 376 g/mol. The Bertz CT molecular complexity index is 984. The van der Waals surface area contributed by atoms with Crippen LogP contribution in [0.4, 0.5) is 5.69 Å². The van der Waals surface area contributed by atoms with E-state index in [0.29, 0.717) is 12.4 Å². The Morgan fingerprint density at radius 2 is 1.85 bits per heavy atom. The first-order chi connectivity index (χ1) is 13.1. The minimum atomic E-state index is -0.346. The Hall–Kier alpha value is -2.91. The van der Waals surface area contributed by atoms with Gasteiger partial charge < -0.3 is 4.90 Å². The fraction of sp³-hybridized carbons (Fsp3) is 0.238. The maximum atomic E-state index is 13.1. The molecule has 0 fully saturated rings. The molecular formula is C21H20N4OS. The molecule has 5 nitrogen and oxygen atoms in total. The van der Waals surface area contributed by atoms with E-state index >= 15 is 0 Å². The first kappa shape index (κ1) is 18.9. The zero-order chi connectivity index (χ0) is 19.2. The third kappa shape index (κ3) is 4.44. The van der Waals surface area contributed by atoms with Crippen molar-refractivity contribution in [3.8, 4) is 6.07 Å². The van der Waals surface area contributed by atoms with Crippen LogP contribution in [0.1, 0.15) is 19.2 Å². The molecule has 0 bridgehead atoms. The van der Waals surface area contributed by atoms with Crippen molar-refractivity contribution in [2.45, 2.75) is 30.5 Å². The fourth-order valence-electron chi connectivity index (χ4n) is 2.82. The molecule has 1 aromatic heterocycles. The lowest BCUT2D eigenvalue weighted by atomic mass is 10.2. The van der Waals surface area contributed by atoms with E-state index in [0.717, 1.165) is 21.6 Å². The van der Waals surface area contributed by atoms with Gasteiger partial charge in [-0.25, -0.2) is 9.97 Å². The van der Waals surface area contributed by atoms with Gasteiger partial charge in [0.2, 0.25) is 5.91 Å². The number of fused-ring (bicyclic) bond motifs is 1. The largest absolute Gasteiger partial charge is 0.310 e. The van der Waals surface area contributed by atoms with Gasteiger partial charge in [0.1, 0.15) is 10.9 Å². The molecule has 0 aliphatic heterocycles. The smallest absolute Gasteiger partial charge is 0.240 e. The van der Waals surface area contributed by atoms with Crippen LogP contribution in [-0.2, 0) is 4.79 Å². The molecule has 0 saturated heterocycles. The number of amides is 1. The molecule has 0 spiro atoms. The lowest BCUT2D eigenvalue weighted by Gasteiger charge is -2.25. The molecule has 0 radical (unpaired) electrons. The standard InChI is InChI=1S/C21H20N4OS/c1-15(21(26)25(14-8-13-22)17-9-4-3-5-10-17)27-20-18-11-6-7-12-19(18)23-16(2)24-20/h3-7,9-12,15H,8,14H2,1-2H3. The summed E-state index contributed by atoms with van der Waals surface area (Å²) in [7, 11) is 0.